The lowest BCUT2D eigenvalue weighted by atomic mass is 9.73. The third-order valence-electron chi connectivity index (χ3n) is 6.64. The molecule has 4 nitrogen and oxygen atoms in total. The Morgan fingerprint density at radius 3 is 2.29 bits per heavy atom. The standard InChI is InChI=1S/C30H38O4/c1-5-6-7-8-19-33-25-14-16-26(17-15-25)34-30(32)24-12-10-23(11-13-24)20-28-22(4)9-18-27(21(2)3)29(28)31/h10-17,20-22,27H,5-9,18-19H2,1-4H3/b28-20-. The molecule has 1 saturated carbocycles. The minimum Gasteiger partial charge on any atom is -0.494 e. The van der Waals surface area contributed by atoms with Crippen LogP contribution in [0.5, 0.6) is 11.5 Å². The van der Waals surface area contributed by atoms with Crippen molar-refractivity contribution in [3.05, 3.63) is 65.2 Å². The number of hydrogen-bond acceptors (Lipinski definition) is 4. The molecule has 0 bridgehead atoms. The van der Waals surface area contributed by atoms with Crippen LogP contribution in [-0.4, -0.2) is 18.4 Å². The summed E-state index contributed by atoms with van der Waals surface area (Å²) in [6.07, 6.45) is 8.64. The Labute approximate surface area is 204 Å². The van der Waals surface area contributed by atoms with Gasteiger partial charge in [0.05, 0.1) is 12.2 Å². The molecule has 3 rings (SSSR count). The topological polar surface area (TPSA) is 52.6 Å². The number of allylic oxidation sites excluding steroid dienone is 1. The number of rotatable bonds is 10. The zero-order valence-electron chi connectivity index (χ0n) is 21.0. The SMILES string of the molecule is CCCCCCOc1ccc(OC(=O)c2ccc(/C=C3\C(=O)C(C(C)C)CCC3C)cc2)cc1. The van der Waals surface area contributed by atoms with Gasteiger partial charge in [-0.15, -0.1) is 0 Å². The van der Waals surface area contributed by atoms with Gasteiger partial charge in [0, 0.05) is 5.92 Å². The summed E-state index contributed by atoms with van der Waals surface area (Å²) in [5, 5.41) is 0. The van der Waals surface area contributed by atoms with Gasteiger partial charge >= 0.3 is 5.97 Å². The lowest BCUT2D eigenvalue weighted by Crippen LogP contribution is -2.30. The Kier molecular flexibility index (Phi) is 9.50. The summed E-state index contributed by atoms with van der Waals surface area (Å²) < 4.78 is 11.3. The fourth-order valence-corrected chi connectivity index (χ4v) is 4.41. The van der Waals surface area contributed by atoms with E-state index in [1.807, 2.05) is 30.3 Å². The van der Waals surface area contributed by atoms with Crippen LogP contribution < -0.4 is 9.47 Å². The molecule has 182 valence electrons. The van der Waals surface area contributed by atoms with Crippen LogP contribution in [0.15, 0.2) is 54.1 Å². The first-order valence-electron chi connectivity index (χ1n) is 12.7. The fraction of sp³-hybridized carbons (Fsp3) is 0.467. The molecule has 4 heteroatoms. The monoisotopic (exact) mass is 462 g/mol. The van der Waals surface area contributed by atoms with Gasteiger partial charge in [0.1, 0.15) is 11.5 Å². The van der Waals surface area contributed by atoms with Gasteiger partial charge in [-0.25, -0.2) is 4.79 Å². The smallest absolute Gasteiger partial charge is 0.343 e. The molecule has 1 aliphatic carbocycles. The quantitative estimate of drug-likeness (QED) is 0.159. The molecule has 0 heterocycles. The highest BCUT2D eigenvalue weighted by molar-refractivity contribution is 6.02. The predicted octanol–water partition coefficient (Wildman–Crippen LogP) is 7.52. The Balaban J connectivity index is 1.58. The molecule has 2 aromatic rings. The molecular weight excluding hydrogens is 424 g/mol. The molecule has 2 unspecified atom stereocenters. The maximum absolute atomic E-state index is 12.9. The summed E-state index contributed by atoms with van der Waals surface area (Å²) in [5.74, 6) is 1.84. The summed E-state index contributed by atoms with van der Waals surface area (Å²) in [6, 6.07) is 14.4. The van der Waals surface area contributed by atoms with Crippen LogP contribution in [0.25, 0.3) is 6.08 Å². The Hall–Kier alpha value is -2.88. The molecule has 1 aliphatic rings. The molecule has 0 aliphatic heterocycles. The normalized spacial score (nSPS) is 19.4. The van der Waals surface area contributed by atoms with Crippen LogP contribution in [0.4, 0.5) is 0 Å². The van der Waals surface area contributed by atoms with E-state index in [2.05, 4.69) is 27.7 Å². The van der Waals surface area contributed by atoms with Gasteiger partial charge in [0.25, 0.3) is 0 Å². The van der Waals surface area contributed by atoms with Gasteiger partial charge < -0.3 is 9.47 Å². The number of carbonyl (C=O) groups is 2. The van der Waals surface area contributed by atoms with E-state index < -0.39 is 5.97 Å². The van der Waals surface area contributed by atoms with Gasteiger partial charge in [-0.1, -0.05) is 59.1 Å². The third-order valence-corrected chi connectivity index (χ3v) is 6.64. The number of Topliss-reactive ketones (excluding diaryl/α,β-unsaturated/α-hetero) is 1. The Morgan fingerprint density at radius 2 is 1.65 bits per heavy atom. The lowest BCUT2D eigenvalue weighted by Gasteiger charge is -2.30. The molecule has 0 N–H and O–H groups in total. The summed E-state index contributed by atoms with van der Waals surface area (Å²) >= 11 is 0. The first-order valence-corrected chi connectivity index (χ1v) is 12.7. The third kappa shape index (κ3) is 7.06. The van der Waals surface area contributed by atoms with E-state index in [9.17, 15) is 9.59 Å². The van der Waals surface area contributed by atoms with Crippen molar-refractivity contribution in [1.29, 1.82) is 0 Å². The maximum atomic E-state index is 12.9. The highest BCUT2D eigenvalue weighted by Crippen LogP contribution is 2.35. The Morgan fingerprint density at radius 1 is 0.971 bits per heavy atom. The van der Waals surface area contributed by atoms with Gasteiger partial charge in [0.15, 0.2) is 5.78 Å². The molecule has 0 aromatic heterocycles. The predicted molar refractivity (Wildman–Crippen MR) is 137 cm³/mol. The van der Waals surface area contributed by atoms with Gasteiger partial charge in [-0.3, -0.25) is 4.79 Å². The van der Waals surface area contributed by atoms with E-state index in [0.717, 1.165) is 36.1 Å². The van der Waals surface area contributed by atoms with E-state index in [1.165, 1.54) is 19.3 Å². The van der Waals surface area contributed by atoms with Gasteiger partial charge in [-0.2, -0.15) is 0 Å². The first kappa shape index (κ1) is 25.7. The van der Waals surface area contributed by atoms with Crippen molar-refractivity contribution < 1.29 is 19.1 Å². The van der Waals surface area contributed by atoms with Crippen LogP contribution >= 0.6 is 0 Å². The molecule has 0 saturated heterocycles. The first-order chi connectivity index (χ1) is 16.4. The number of carbonyl (C=O) groups excluding carboxylic acids is 2. The minimum absolute atomic E-state index is 0.106. The molecule has 1 fully saturated rings. The van der Waals surface area contributed by atoms with Crippen LogP contribution in [0.3, 0.4) is 0 Å². The second-order valence-corrected chi connectivity index (χ2v) is 9.68. The van der Waals surface area contributed by atoms with E-state index in [4.69, 9.17) is 9.47 Å². The molecule has 0 spiro atoms. The summed E-state index contributed by atoms with van der Waals surface area (Å²) in [7, 11) is 0. The molecule has 0 radical (unpaired) electrons. The molecule has 2 aromatic carbocycles. The number of esters is 1. The largest absolute Gasteiger partial charge is 0.494 e. The second-order valence-electron chi connectivity index (χ2n) is 9.68. The van der Waals surface area contributed by atoms with Crippen molar-refractivity contribution in [1.82, 2.24) is 0 Å². The number of ketones is 1. The van der Waals surface area contributed by atoms with Gasteiger partial charge in [0.2, 0.25) is 0 Å². The van der Waals surface area contributed by atoms with Crippen molar-refractivity contribution in [3.63, 3.8) is 0 Å². The second kappa shape index (κ2) is 12.5. The lowest BCUT2D eigenvalue weighted by molar-refractivity contribution is -0.122. The Bertz CT molecular complexity index is 970. The average Bonchev–Trinajstić information content (AvgIpc) is 2.82. The maximum Gasteiger partial charge on any atom is 0.343 e. The summed E-state index contributed by atoms with van der Waals surface area (Å²) in [5.41, 5.74) is 2.30. The average molecular weight is 463 g/mol. The number of unbranched alkanes of at least 4 members (excludes halogenated alkanes) is 3. The molecule has 2 atom stereocenters. The van der Waals surface area contributed by atoms with Crippen molar-refractivity contribution in [2.45, 2.75) is 66.2 Å². The van der Waals surface area contributed by atoms with E-state index >= 15 is 0 Å². The van der Waals surface area contributed by atoms with Crippen LogP contribution in [0.2, 0.25) is 0 Å². The molecule has 0 amide bonds. The van der Waals surface area contributed by atoms with E-state index in [1.54, 1.807) is 24.3 Å². The van der Waals surface area contributed by atoms with Crippen LogP contribution in [0.1, 0.15) is 82.1 Å². The number of hydrogen-bond donors (Lipinski definition) is 0. The highest BCUT2D eigenvalue weighted by Gasteiger charge is 2.32. The number of benzene rings is 2. The van der Waals surface area contributed by atoms with Crippen molar-refractivity contribution >= 4 is 17.8 Å². The summed E-state index contributed by atoms with van der Waals surface area (Å²) in [6.45, 7) is 9.24. The zero-order valence-corrected chi connectivity index (χ0v) is 21.0. The fourth-order valence-electron chi connectivity index (χ4n) is 4.41. The zero-order chi connectivity index (χ0) is 24.5. The molecular formula is C30H38O4. The van der Waals surface area contributed by atoms with E-state index in [0.29, 0.717) is 23.8 Å². The van der Waals surface area contributed by atoms with Gasteiger partial charge in [-0.05, 0) is 84.7 Å². The van der Waals surface area contributed by atoms with Crippen molar-refractivity contribution in [3.8, 4) is 11.5 Å². The van der Waals surface area contributed by atoms with Crippen molar-refractivity contribution in [2.75, 3.05) is 6.61 Å². The minimum atomic E-state index is -0.408. The number of ether oxygens (including phenoxy) is 2. The van der Waals surface area contributed by atoms with E-state index in [-0.39, 0.29) is 17.6 Å². The van der Waals surface area contributed by atoms with Crippen LogP contribution in [0, 0.1) is 17.8 Å². The van der Waals surface area contributed by atoms with Crippen molar-refractivity contribution in [2.24, 2.45) is 17.8 Å². The highest BCUT2D eigenvalue weighted by atomic mass is 16.5. The summed E-state index contributed by atoms with van der Waals surface area (Å²) in [4.78, 5) is 25.5. The van der Waals surface area contributed by atoms with Crippen LogP contribution in [-0.2, 0) is 4.79 Å². The molecule has 34 heavy (non-hydrogen) atoms.